The van der Waals surface area contributed by atoms with Crippen LogP contribution in [0.25, 0.3) is 0 Å². The van der Waals surface area contributed by atoms with Crippen molar-refractivity contribution in [1.82, 2.24) is 10.6 Å². The molecule has 0 saturated heterocycles. The summed E-state index contributed by atoms with van der Waals surface area (Å²) in [6.45, 7) is 4.63. The van der Waals surface area contributed by atoms with Gasteiger partial charge in [0.15, 0.2) is 0 Å². The molecular weight excluding hydrogens is 280 g/mol. The zero-order chi connectivity index (χ0) is 12.7. The van der Waals surface area contributed by atoms with Crippen LogP contribution in [-0.2, 0) is 6.54 Å². The van der Waals surface area contributed by atoms with Gasteiger partial charge in [0.1, 0.15) is 0 Å². The van der Waals surface area contributed by atoms with Gasteiger partial charge in [-0.25, -0.2) is 4.79 Å². The van der Waals surface area contributed by atoms with E-state index in [2.05, 4.69) is 40.4 Å². The molecule has 0 aromatic heterocycles. The molecule has 1 rings (SSSR count). The van der Waals surface area contributed by atoms with Crippen LogP contribution < -0.4 is 10.6 Å². The largest absolute Gasteiger partial charge is 0.334 e. The van der Waals surface area contributed by atoms with Crippen LogP contribution in [0.3, 0.4) is 0 Å². The Morgan fingerprint density at radius 2 is 2.00 bits per heavy atom. The van der Waals surface area contributed by atoms with Gasteiger partial charge >= 0.3 is 6.03 Å². The van der Waals surface area contributed by atoms with Gasteiger partial charge in [0.25, 0.3) is 0 Å². The van der Waals surface area contributed by atoms with Crippen LogP contribution in [-0.4, -0.2) is 6.03 Å². The maximum atomic E-state index is 11.4. The second-order valence-electron chi connectivity index (χ2n) is 4.06. The number of carbonyl (C=O) groups is 1. The van der Waals surface area contributed by atoms with Gasteiger partial charge in [-0.05, 0) is 23.6 Å². The molecule has 3 nitrogen and oxygen atoms in total. The molecule has 0 atom stereocenters. The van der Waals surface area contributed by atoms with Crippen molar-refractivity contribution in [2.24, 2.45) is 5.92 Å². The zero-order valence-corrected chi connectivity index (χ0v) is 11.6. The van der Waals surface area contributed by atoms with Gasteiger partial charge < -0.3 is 10.6 Å². The molecule has 92 valence electrons. The van der Waals surface area contributed by atoms with E-state index in [0.29, 0.717) is 12.5 Å². The fourth-order valence-electron chi connectivity index (χ4n) is 1.15. The summed E-state index contributed by atoms with van der Waals surface area (Å²) < 4.78 is 1.03. The highest BCUT2D eigenvalue weighted by molar-refractivity contribution is 9.10. The Balaban J connectivity index is 2.31. The van der Waals surface area contributed by atoms with Gasteiger partial charge in [-0.2, -0.15) is 0 Å². The second-order valence-corrected chi connectivity index (χ2v) is 4.97. The molecule has 4 heteroatoms. The van der Waals surface area contributed by atoms with Crippen molar-refractivity contribution in [3.05, 3.63) is 46.6 Å². The van der Waals surface area contributed by atoms with Gasteiger partial charge in [0.2, 0.25) is 0 Å². The topological polar surface area (TPSA) is 41.1 Å². The number of carbonyl (C=O) groups excluding carboxylic acids is 1. The number of halogens is 1. The van der Waals surface area contributed by atoms with E-state index in [1.54, 1.807) is 6.20 Å². The summed E-state index contributed by atoms with van der Waals surface area (Å²) in [5, 5.41) is 5.43. The average molecular weight is 297 g/mol. The number of allylic oxidation sites excluding steroid dienone is 1. The van der Waals surface area contributed by atoms with Crippen LogP contribution in [0.15, 0.2) is 41.0 Å². The summed E-state index contributed by atoms with van der Waals surface area (Å²) >= 11 is 3.36. The lowest BCUT2D eigenvalue weighted by molar-refractivity contribution is 0.243. The van der Waals surface area contributed by atoms with Crippen molar-refractivity contribution in [1.29, 1.82) is 0 Å². The van der Waals surface area contributed by atoms with Crippen molar-refractivity contribution in [3.8, 4) is 0 Å². The van der Waals surface area contributed by atoms with E-state index in [1.807, 2.05) is 30.3 Å². The molecular formula is C13H17BrN2O. The fourth-order valence-corrected chi connectivity index (χ4v) is 1.42. The highest BCUT2D eigenvalue weighted by Gasteiger charge is 1.97. The monoisotopic (exact) mass is 296 g/mol. The first kappa shape index (κ1) is 13.8. The molecule has 0 aliphatic carbocycles. The first-order valence-corrected chi connectivity index (χ1v) is 6.32. The van der Waals surface area contributed by atoms with Crippen LogP contribution in [0.2, 0.25) is 0 Å². The average Bonchev–Trinajstić information content (AvgIpc) is 2.28. The molecule has 0 unspecified atom stereocenters. The first-order chi connectivity index (χ1) is 8.08. The summed E-state index contributed by atoms with van der Waals surface area (Å²) in [6.07, 6.45) is 3.60. The molecule has 0 aliphatic rings. The van der Waals surface area contributed by atoms with E-state index >= 15 is 0 Å². The smallest absolute Gasteiger partial charge is 0.319 e. The lowest BCUT2D eigenvalue weighted by atomic mass is 10.2. The Bertz CT molecular complexity index is 385. The molecule has 0 fully saturated rings. The lowest BCUT2D eigenvalue weighted by Gasteiger charge is -2.05. The van der Waals surface area contributed by atoms with E-state index in [9.17, 15) is 4.79 Å². The highest BCUT2D eigenvalue weighted by Crippen LogP contribution is 2.09. The number of hydrogen-bond donors (Lipinski definition) is 2. The van der Waals surface area contributed by atoms with Crippen LogP contribution in [0.1, 0.15) is 19.4 Å². The molecule has 1 aromatic carbocycles. The van der Waals surface area contributed by atoms with E-state index in [4.69, 9.17) is 0 Å². The SMILES string of the molecule is CC(C)/C=C/NC(=O)NCc1ccc(Br)cc1. The normalized spacial score (nSPS) is 10.8. The molecule has 17 heavy (non-hydrogen) atoms. The van der Waals surface area contributed by atoms with Gasteiger partial charge in [0.05, 0.1) is 0 Å². The summed E-state index contributed by atoms with van der Waals surface area (Å²) in [5.41, 5.74) is 1.07. The predicted octanol–water partition coefficient (Wildman–Crippen LogP) is 3.42. The van der Waals surface area contributed by atoms with Crippen molar-refractivity contribution in [2.45, 2.75) is 20.4 Å². The van der Waals surface area contributed by atoms with Gasteiger partial charge in [-0.15, -0.1) is 0 Å². The molecule has 2 amide bonds. The first-order valence-electron chi connectivity index (χ1n) is 5.53. The summed E-state index contributed by atoms with van der Waals surface area (Å²) in [4.78, 5) is 11.4. The van der Waals surface area contributed by atoms with Gasteiger partial charge in [0, 0.05) is 17.2 Å². The third-order valence-corrected chi connectivity index (χ3v) is 2.59. The Hall–Kier alpha value is -1.29. The Kier molecular flexibility index (Phi) is 5.77. The third-order valence-electron chi connectivity index (χ3n) is 2.06. The number of rotatable bonds is 4. The van der Waals surface area contributed by atoms with Crippen LogP contribution >= 0.6 is 15.9 Å². The Labute approximate surface area is 110 Å². The quantitative estimate of drug-likeness (QED) is 0.878. The second kappa shape index (κ2) is 7.12. The zero-order valence-electron chi connectivity index (χ0n) is 10.0. The van der Waals surface area contributed by atoms with Crippen molar-refractivity contribution >= 4 is 22.0 Å². The molecule has 1 aromatic rings. The molecule has 0 bridgehead atoms. The highest BCUT2D eigenvalue weighted by atomic mass is 79.9. The molecule has 0 aliphatic heterocycles. The third kappa shape index (κ3) is 6.12. The minimum atomic E-state index is -0.190. The van der Waals surface area contributed by atoms with Crippen molar-refractivity contribution < 1.29 is 4.79 Å². The molecule has 2 N–H and O–H groups in total. The van der Waals surface area contributed by atoms with Gasteiger partial charge in [-0.1, -0.05) is 48.0 Å². The maximum absolute atomic E-state index is 11.4. The van der Waals surface area contributed by atoms with Crippen LogP contribution in [0, 0.1) is 5.92 Å². The summed E-state index contributed by atoms with van der Waals surface area (Å²) in [6, 6.07) is 7.65. The summed E-state index contributed by atoms with van der Waals surface area (Å²) in [5.74, 6) is 0.432. The Morgan fingerprint density at radius 1 is 1.35 bits per heavy atom. The van der Waals surface area contributed by atoms with E-state index < -0.39 is 0 Å². The molecule has 0 saturated carbocycles. The minimum Gasteiger partial charge on any atom is -0.334 e. The fraction of sp³-hybridized carbons (Fsp3) is 0.308. The van der Waals surface area contributed by atoms with Crippen molar-refractivity contribution in [2.75, 3.05) is 0 Å². The van der Waals surface area contributed by atoms with E-state index in [0.717, 1.165) is 10.0 Å². The number of hydrogen-bond acceptors (Lipinski definition) is 1. The Morgan fingerprint density at radius 3 is 2.59 bits per heavy atom. The maximum Gasteiger partial charge on any atom is 0.319 e. The van der Waals surface area contributed by atoms with Crippen LogP contribution in [0.4, 0.5) is 4.79 Å². The number of amides is 2. The number of urea groups is 1. The minimum absolute atomic E-state index is 0.190. The molecule has 0 spiro atoms. The van der Waals surface area contributed by atoms with Gasteiger partial charge in [-0.3, -0.25) is 0 Å². The van der Waals surface area contributed by atoms with Crippen LogP contribution in [0.5, 0.6) is 0 Å². The number of nitrogens with one attached hydrogen (secondary N) is 2. The summed E-state index contributed by atoms with van der Waals surface area (Å²) in [7, 11) is 0. The standard InChI is InChI=1S/C13H17BrN2O/c1-10(2)7-8-15-13(17)16-9-11-3-5-12(14)6-4-11/h3-8,10H,9H2,1-2H3,(H2,15,16,17)/b8-7+. The van der Waals surface area contributed by atoms with E-state index in [-0.39, 0.29) is 6.03 Å². The molecule has 0 radical (unpaired) electrons. The van der Waals surface area contributed by atoms with E-state index in [1.165, 1.54) is 0 Å². The predicted molar refractivity (Wildman–Crippen MR) is 73.5 cm³/mol. The number of benzene rings is 1. The molecule has 0 heterocycles. The van der Waals surface area contributed by atoms with Crippen molar-refractivity contribution in [3.63, 3.8) is 0 Å². The lowest BCUT2D eigenvalue weighted by Crippen LogP contribution is -2.31.